The number of hydrogen-bond acceptors (Lipinski definition) is 3. The quantitative estimate of drug-likeness (QED) is 0.423. The Balaban J connectivity index is 3.39. The topological polar surface area (TPSA) is 70.0 Å². The van der Waals surface area contributed by atoms with E-state index in [1.54, 1.807) is 0 Å². The number of nitriles is 1. The van der Waals surface area contributed by atoms with Gasteiger partial charge in [-0.05, 0) is 19.3 Å². The van der Waals surface area contributed by atoms with Crippen molar-refractivity contribution in [2.75, 3.05) is 12.3 Å². The Labute approximate surface area is 137 Å². The van der Waals surface area contributed by atoms with E-state index in [0.29, 0.717) is 13.0 Å². The van der Waals surface area contributed by atoms with Gasteiger partial charge in [-0.25, -0.2) is 13.1 Å². The third-order valence-electron chi connectivity index (χ3n) is 3.80. The lowest BCUT2D eigenvalue weighted by Crippen LogP contribution is -2.27. The third kappa shape index (κ3) is 15.8. The molecule has 130 valence electrons. The summed E-state index contributed by atoms with van der Waals surface area (Å²) < 4.78 is 26.3. The van der Waals surface area contributed by atoms with E-state index in [4.69, 9.17) is 5.26 Å². The number of hydrogen-bond donors (Lipinski definition) is 1. The number of rotatable bonds is 16. The van der Waals surface area contributed by atoms with E-state index in [0.717, 1.165) is 57.8 Å². The second-order valence-corrected chi connectivity index (χ2v) is 7.94. The van der Waals surface area contributed by atoms with Crippen molar-refractivity contribution in [2.45, 2.75) is 90.4 Å². The van der Waals surface area contributed by atoms with Crippen molar-refractivity contribution in [1.29, 1.82) is 5.26 Å². The molecule has 0 aromatic carbocycles. The van der Waals surface area contributed by atoms with E-state index in [-0.39, 0.29) is 5.75 Å². The van der Waals surface area contributed by atoms with Crippen molar-refractivity contribution in [2.24, 2.45) is 0 Å². The first-order valence-corrected chi connectivity index (χ1v) is 10.6. The van der Waals surface area contributed by atoms with E-state index in [9.17, 15) is 8.42 Å². The summed E-state index contributed by atoms with van der Waals surface area (Å²) in [6.45, 7) is 2.75. The molecule has 0 rings (SSSR count). The summed E-state index contributed by atoms with van der Waals surface area (Å²) in [6, 6.07) is 2.15. The summed E-state index contributed by atoms with van der Waals surface area (Å²) in [7, 11) is -3.07. The first-order valence-electron chi connectivity index (χ1n) is 8.96. The molecule has 0 fully saturated rings. The van der Waals surface area contributed by atoms with Crippen LogP contribution in [0, 0.1) is 11.3 Å². The molecule has 0 bridgehead atoms. The first kappa shape index (κ1) is 21.4. The zero-order valence-electron chi connectivity index (χ0n) is 14.3. The van der Waals surface area contributed by atoms with Crippen LogP contribution in [0.2, 0.25) is 0 Å². The van der Waals surface area contributed by atoms with Crippen molar-refractivity contribution >= 4 is 10.0 Å². The highest BCUT2D eigenvalue weighted by Gasteiger charge is 2.08. The Hall–Kier alpha value is -0.600. The highest BCUT2D eigenvalue weighted by molar-refractivity contribution is 7.89. The van der Waals surface area contributed by atoms with Gasteiger partial charge in [-0.1, -0.05) is 64.7 Å². The predicted octanol–water partition coefficient (Wildman–Crippen LogP) is 4.52. The normalized spacial score (nSPS) is 11.5. The van der Waals surface area contributed by atoms with Gasteiger partial charge in [0.2, 0.25) is 10.0 Å². The molecule has 0 heterocycles. The van der Waals surface area contributed by atoms with Gasteiger partial charge in [0.05, 0.1) is 11.8 Å². The smallest absolute Gasteiger partial charge is 0.211 e. The lowest BCUT2D eigenvalue weighted by molar-refractivity contribution is 0.559. The molecular formula is C17H34N2O2S. The number of unbranched alkanes of at least 4 members (excludes halogenated alkanes) is 11. The third-order valence-corrected chi connectivity index (χ3v) is 5.27. The Morgan fingerprint density at radius 2 is 1.36 bits per heavy atom. The van der Waals surface area contributed by atoms with Gasteiger partial charge in [0.15, 0.2) is 0 Å². The fourth-order valence-corrected chi connectivity index (χ4v) is 3.59. The number of nitrogens with zero attached hydrogens (tertiary/aromatic N) is 1. The lowest BCUT2D eigenvalue weighted by Gasteiger charge is -2.06. The molecule has 0 amide bonds. The summed E-state index contributed by atoms with van der Waals surface area (Å²) in [5.74, 6) is 0.271. The average Bonchev–Trinajstić information content (AvgIpc) is 2.49. The Morgan fingerprint density at radius 1 is 0.818 bits per heavy atom. The first-order chi connectivity index (χ1) is 10.6. The highest BCUT2D eigenvalue weighted by Crippen LogP contribution is 2.07. The molecule has 4 nitrogen and oxygen atoms in total. The molecule has 0 aliphatic rings. The molecule has 5 heteroatoms. The van der Waals surface area contributed by atoms with Gasteiger partial charge < -0.3 is 0 Å². The van der Waals surface area contributed by atoms with E-state index in [2.05, 4.69) is 17.7 Å². The molecule has 0 radical (unpaired) electrons. The van der Waals surface area contributed by atoms with Crippen molar-refractivity contribution in [1.82, 2.24) is 4.72 Å². The van der Waals surface area contributed by atoms with Crippen LogP contribution in [0.4, 0.5) is 0 Å². The molecular weight excluding hydrogens is 296 g/mol. The average molecular weight is 331 g/mol. The highest BCUT2D eigenvalue weighted by atomic mass is 32.2. The Kier molecular flexibility index (Phi) is 14.9. The molecule has 0 aliphatic carbocycles. The standard InChI is InChI=1S/C17H34N2O2S/c1-2-3-4-5-11-14-17-22(20,21)19-16-13-10-8-6-7-9-12-15-18/h19H,2-14,16-17H2,1H3. The van der Waals surface area contributed by atoms with Gasteiger partial charge in [-0.15, -0.1) is 0 Å². The van der Waals surface area contributed by atoms with Gasteiger partial charge in [0.1, 0.15) is 0 Å². The lowest BCUT2D eigenvalue weighted by atomic mass is 10.1. The molecule has 0 aliphatic heterocycles. The van der Waals surface area contributed by atoms with Crippen molar-refractivity contribution in [3.05, 3.63) is 0 Å². The van der Waals surface area contributed by atoms with Crippen molar-refractivity contribution in [3.63, 3.8) is 0 Å². The minimum atomic E-state index is -3.07. The Morgan fingerprint density at radius 3 is 2.00 bits per heavy atom. The number of sulfonamides is 1. The fraction of sp³-hybridized carbons (Fsp3) is 0.941. The second kappa shape index (κ2) is 15.3. The van der Waals surface area contributed by atoms with Crippen LogP contribution in [0.15, 0.2) is 0 Å². The zero-order chi connectivity index (χ0) is 16.5. The van der Waals surface area contributed by atoms with Crippen LogP contribution in [-0.2, 0) is 10.0 Å². The zero-order valence-corrected chi connectivity index (χ0v) is 15.1. The second-order valence-electron chi connectivity index (χ2n) is 6.01. The van der Waals surface area contributed by atoms with Crippen LogP contribution in [0.5, 0.6) is 0 Å². The van der Waals surface area contributed by atoms with Gasteiger partial charge >= 0.3 is 0 Å². The minimum Gasteiger partial charge on any atom is -0.215 e. The maximum absolute atomic E-state index is 11.8. The van der Waals surface area contributed by atoms with Crippen LogP contribution < -0.4 is 4.72 Å². The van der Waals surface area contributed by atoms with Crippen LogP contribution >= 0.6 is 0 Å². The summed E-state index contributed by atoms with van der Waals surface area (Å²) in [5, 5.41) is 8.42. The summed E-state index contributed by atoms with van der Waals surface area (Å²) >= 11 is 0. The van der Waals surface area contributed by atoms with E-state index in [1.165, 1.54) is 19.3 Å². The van der Waals surface area contributed by atoms with E-state index >= 15 is 0 Å². The van der Waals surface area contributed by atoms with Crippen LogP contribution in [0.25, 0.3) is 0 Å². The van der Waals surface area contributed by atoms with Gasteiger partial charge in [-0.2, -0.15) is 5.26 Å². The summed E-state index contributed by atoms with van der Waals surface area (Å²) in [4.78, 5) is 0. The molecule has 0 atom stereocenters. The van der Waals surface area contributed by atoms with Gasteiger partial charge in [0, 0.05) is 13.0 Å². The predicted molar refractivity (Wildman–Crippen MR) is 93.1 cm³/mol. The fourth-order valence-electron chi connectivity index (χ4n) is 2.41. The van der Waals surface area contributed by atoms with E-state index in [1.807, 2.05) is 0 Å². The molecule has 0 unspecified atom stereocenters. The van der Waals surface area contributed by atoms with E-state index < -0.39 is 10.0 Å². The number of nitrogens with one attached hydrogen (secondary N) is 1. The van der Waals surface area contributed by atoms with Gasteiger partial charge in [-0.3, -0.25) is 0 Å². The molecule has 0 aromatic heterocycles. The van der Waals surface area contributed by atoms with Crippen LogP contribution in [0.1, 0.15) is 90.4 Å². The molecule has 0 spiro atoms. The Bertz CT molecular complexity index is 375. The van der Waals surface area contributed by atoms with Crippen LogP contribution in [-0.4, -0.2) is 20.7 Å². The molecule has 0 aromatic rings. The maximum Gasteiger partial charge on any atom is 0.211 e. The van der Waals surface area contributed by atoms with Gasteiger partial charge in [0.25, 0.3) is 0 Å². The van der Waals surface area contributed by atoms with Crippen molar-refractivity contribution < 1.29 is 8.42 Å². The van der Waals surface area contributed by atoms with Crippen LogP contribution in [0.3, 0.4) is 0 Å². The maximum atomic E-state index is 11.8. The largest absolute Gasteiger partial charge is 0.215 e. The SMILES string of the molecule is CCCCCCCCS(=O)(=O)NCCCCCCCCC#N. The summed E-state index contributed by atoms with van der Waals surface area (Å²) in [6.07, 6.45) is 13.6. The molecule has 0 saturated heterocycles. The minimum absolute atomic E-state index is 0.271. The molecule has 22 heavy (non-hydrogen) atoms. The monoisotopic (exact) mass is 330 g/mol. The molecule has 1 N–H and O–H groups in total. The molecule has 0 saturated carbocycles. The summed E-state index contributed by atoms with van der Waals surface area (Å²) in [5.41, 5.74) is 0. The van der Waals surface area contributed by atoms with Crippen molar-refractivity contribution in [3.8, 4) is 6.07 Å².